The third-order valence-corrected chi connectivity index (χ3v) is 9.80. The first-order valence-corrected chi connectivity index (χ1v) is 17.7. The van der Waals surface area contributed by atoms with Gasteiger partial charge in [-0.25, -0.2) is 9.59 Å². The van der Waals surface area contributed by atoms with Crippen molar-refractivity contribution >= 4 is 47.4 Å². The summed E-state index contributed by atoms with van der Waals surface area (Å²) in [5, 5.41) is -0.687. The summed E-state index contributed by atoms with van der Waals surface area (Å²) in [6, 6.07) is 17.0. The molecule has 2 saturated heterocycles. The normalized spacial score (nSPS) is 30.5. The fourth-order valence-corrected chi connectivity index (χ4v) is 7.58. The number of hydrogen-bond donors (Lipinski definition) is 0. The molecule has 0 bridgehead atoms. The molecule has 2 heterocycles. The lowest BCUT2D eigenvalue weighted by molar-refractivity contribution is -0.298. The summed E-state index contributed by atoms with van der Waals surface area (Å²) in [7, 11) is 0. The van der Waals surface area contributed by atoms with Crippen molar-refractivity contribution in [1.29, 1.82) is 0 Å². The van der Waals surface area contributed by atoms with Gasteiger partial charge in [-0.3, -0.25) is 9.59 Å². The molecule has 0 aliphatic carbocycles. The van der Waals surface area contributed by atoms with Gasteiger partial charge < -0.3 is 33.2 Å². The van der Waals surface area contributed by atoms with Gasteiger partial charge in [0.05, 0.1) is 28.6 Å². The van der Waals surface area contributed by atoms with E-state index >= 15 is 0 Å². The molecule has 2 fully saturated rings. The van der Waals surface area contributed by atoms with Crippen LogP contribution in [0.25, 0.3) is 0 Å². The number of rotatable bonds is 12. The lowest BCUT2D eigenvalue weighted by Crippen LogP contribution is -2.64. The topological polar surface area (TPSA) is 133 Å². The Kier molecular flexibility index (Phi) is 13.6. The third kappa shape index (κ3) is 9.50. The molecule has 10 atom stereocenters. The Morgan fingerprint density at radius 1 is 0.617 bits per heavy atom. The van der Waals surface area contributed by atoms with E-state index in [-0.39, 0.29) is 0 Å². The molecule has 0 spiro atoms. The minimum absolute atomic E-state index is 0.326. The van der Waals surface area contributed by atoms with Crippen LogP contribution in [0.2, 0.25) is 0 Å². The molecular formula is C34H42O11S2. The van der Waals surface area contributed by atoms with Crippen LogP contribution in [0.4, 0.5) is 0 Å². The van der Waals surface area contributed by atoms with Crippen LogP contribution in [0.15, 0.2) is 60.7 Å². The van der Waals surface area contributed by atoms with Crippen molar-refractivity contribution < 1.29 is 52.3 Å². The van der Waals surface area contributed by atoms with E-state index in [9.17, 15) is 19.2 Å². The van der Waals surface area contributed by atoms with Crippen molar-refractivity contribution in [3.8, 4) is 0 Å². The minimum Gasteiger partial charge on any atom is -0.457 e. The Balaban J connectivity index is 1.70. The molecule has 0 aromatic heterocycles. The van der Waals surface area contributed by atoms with Crippen molar-refractivity contribution in [2.24, 2.45) is 0 Å². The van der Waals surface area contributed by atoms with E-state index in [1.165, 1.54) is 37.4 Å². The molecule has 47 heavy (non-hydrogen) atoms. The molecular weight excluding hydrogens is 648 g/mol. The first kappa shape index (κ1) is 36.7. The fourth-order valence-electron chi connectivity index (χ4n) is 5.53. The average Bonchev–Trinajstić information content (AvgIpc) is 3.04. The number of benzene rings is 2. The van der Waals surface area contributed by atoms with Crippen LogP contribution < -0.4 is 0 Å². The molecule has 2 aliphatic heterocycles. The largest absolute Gasteiger partial charge is 0.457 e. The predicted molar refractivity (Wildman–Crippen MR) is 176 cm³/mol. The summed E-state index contributed by atoms with van der Waals surface area (Å²) in [5.74, 6) is -1.13. The number of ether oxygens (including phenoxy) is 7. The maximum atomic E-state index is 13.3. The van der Waals surface area contributed by atoms with Crippen molar-refractivity contribution in [3.63, 3.8) is 0 Å². The van der Waals surface area contributed by atoms with Gasteiger partial charge in [-0.05, 0) is 49.6 Å². The van der Waals surface area contributed by atoms with E-state index in [1.54, 1.807) is 74.5 Å². The highest BCUT2D eigenvalue weighted by molar-refractivity contribution is 8.00. The Hall–Kier alpha value is -3.10. The summed E-state index contributed by atoms with van der Waals surface area (Å²) < 4.78 is 42.9. The molecule has 0 amide bonds. The van der Waals surface area contributed by atoms with Crippen LogP contribution in [0.1, 0.15) is 62.3 Å². The summed E-state index contributed by atoms with van der Waals surface area (Å²) in [5.41, 5.74) is 0.0208. The van der Waals surface area contributed by atoms with E-state index in [2.05, 4.69) is 0 Å². The molecule has 0 N–H and O–H groups in total. The monoisotopic (exact) mass is 690 g/mol. The molecule has 13 heteroatoms. The van der Waals surface area contributed by atoms with E-state index in [0.717, 1.165) is 0 Å². The van der Waals surface area contributed by atoms with Gasteiger partial charge in [-0.2, -0.15) is 0 Å². The van der Waals surface area contributed by atoms with E-state index in [0.29, 0.717) is 22.6 Å². The number of esters is 4. The molecule has 2 aromatic rings. The Bertz CT molecular complexity index is 1340. The zero-order valence-electron chi connectivity index (χ0n) is 27.3. The van der Waals surface area contributed by atoms with Gasteiger partial charge in [0.1, 0.15) is 11.5 Å². The van der Waals surface area contributed by atoms with Crippen LogP contribution in [0.5, 0.6) is 0 Å². The summed E-state index contributed by atoms with van der Waals surface area (Å²) in [6.45, 7) is 9.89. The van der Waals surface area contributed by atoms with Gasteiger partial charge in [0.15, 0.2) is 30.7 Å². The van der Waals surface area contributed by atoms with Crippen LogP contribution in [0.3, 0.4) is 0 Å². The average molecular weight is 691 g/mol. The van der Waals surface area contributed by atoms with Crippen molar-refractivity contribution in [2.75, 3.05) is 11.5 Å². The Labute approximate surface area is 283 Å². The molecule has 0 unspecified atom stereocenters. The van der Waals surface area contributed by atoms with Gasteiger partial charge in [-0.15, -0.1) is 23.5 Å². The zero-order valence-corrected chi connectivity index (χ0v) is 28.9. The van der Waals surface area contributed by atoms with Crippen LogP contribution >= 0.6 is 23.5 Å². The maximum Gasteiger partial charge on any atom is 0.338 e. The molecule has 4 rings (SSSR count). The second-order valence-electron chi connectivity index (χ2n) is 11.0. The van der Waals surface area contributed by atoms with Gasteiger partial charge in [0.25, 0.3) is 0 Å². The van der Waals surface area contributed by atoms with E-state index in [1.807, 2.05) is 13.8 Å². The second kappa shape index (κ2) is 17.3. The standard InChI is InChI=1S/C34H42O11S2/c1-7-46-30-28(41-21(5)35)26(44-32(38)24-17-13-10-14-18-24)19(3)39-33(30)45-27-25(43-31(37)23-15-11-9-12-16-23)20(4)40-34(47-8-2)29(27)42-22(6)36/h9-20,25-30,33-34H,7-8H2,1-6H3/t19-,20-,25-,26-,27+,28+,29+,30-,33+,34-/m0/s1. The van der Waals surface area contributed by atoms with Crippen molar-refractivity contribution in [1.82, 2.24) is 0 Å². The second-order valence-corrected chi connectivity index (χ2v) is 13.8. The number of hydrogen-bond acceptors (Lipinski definition) is 13. The van der Waals surface area contributed by atoms with Gasteiger partial charge in [-0.1, -0.05) is 50.2 Å². The maximum absolute atomic E-state index is 13.3. The molecule has 256 valence electrons. The molecule has 11 nitrogen and oxygen atoms in total. The lowest BCUT2D eigenvalue weighted by Gasteiger charge is -2.48. The smallest absolute Gasteiger partial charge is 0.338 e. The van der Waals surface area contributed by atoms with E-state index in [4.69, 9.17) is 33.2 Å². The number of carbonyl (C=O) groups is 4. The third-order valence-electron chi connectivity index (χ3n) is 7.55. The van der Waals surface area contributed by atoms with Crippen LogP contribution in [-0.4, -0.2) is 95.1 Å². The van der Waals surface area contributed by atoms with Crippen molar-refractivity contribution in [2.45, 2.75) is 101 Å². The first-order valence-electron chi connectivity index (χ1n) is 15.6. The summed E-state index contributed by atoms with van der Waals surface area (Å²) in [4.78, 5) is 51.2. The quantitative estimate of drug-likeness (QED) is 0.218. The molecule has 0 radical (unpaired) electrons. The fraction of sp³-hybridized carbons (Fsp3) is 0.529. The van der Waals surface area contributed by atoms with Crippen molar-refractivity contribution in [3.05, 3.63) is 71.8 Å². The zero-order chi connectivity index (χ0) is 34.1. The van der Waals surface area contributed by atoms with E-state index < -0.39 is 83.6 Å². The first-order chi connectivity index (χ1) is 22.5. The predicted octanol–water partition coefficient (Wildman–Crippen LogP) is 5.05. The van der Waals surface area contributed by atoms with Crippen LogP contribution in [0, 0.1) is 0 Å². The number of thioether (sulfide) groups is 2. The lowest BCUT2D eigenvalue weighted by atomic mass is 9.98. The molecule has 0 saturated carbocycles. The SMILES string of the molecule is CCS[C@@H]1[C@@H](O[C@@H]2[C@@H](OC(=O)c3ccccc3)[C@H](C)O[C@@H](SCC)[C@@H]2OC(C)=O)O[C@@H](C)[C@H](OC(=O)c2ccccc2)[C@H]1OC(C)=O. The number of carbonyl (C=O) groups excluding carboxylic acids is 4. The Morgan fingerprint density at radius 2 is 1.09 bits per heavy atom. The molecule has 2 aliphatic rings. The minimum atomic E-state index is -1.07. The van der Waals surface area contributed by atoms with Gasteiger partial charge >= 0.3 is 23.9 Å². The summed E-state index contributed by atoms with van der Waals surface area (Å²) >= 11 is 2.82. The van der Waals surface area contributed by atoms with Gasteiger partial charge in [0.2, 0.25) is 0 Å². The van der Waals surface area contributed by atoms with Crippen LogP contribution in [-0.2, 0) is 42.7 Å². The summed E-state index contributed by atoms with van der Waals surface area (Å²) in [6.07, 6.45) is -7.51. The highest BCUT2D eigenvalue weighted by atomic mass is 32.2. The highest BCUT2D eigenvalue weighted by Crippen LogP contribution is 2.39. The Morgan fingerprint density at radius 3 is 1.57 bits per heavy atom. The van der Waals surface area contributed by atoms with Gasteiger partial charge in [0, 0.05) is 13.8 Å². The highest BCUT2D eigenvalue weighted by Gasteiger charge is 2.55. The molecule has 2 aromatic carbocycles.